The smallest absolute Gasteiger partial charge is 0.870 e. The van der Waals surface area contributed by atoms with Crippen molar-refractivity contribution in [2.75, 3.05) is 13.2 Å². The monoisotopic (exact) mass is 1360 g/mol. The minimum absolute atomic E-state index is 0. The summed E-state index contributed by atoms with van der Waals surface area (Å²) in [5.74, 6) is 0.457. The Morgan fingerprint density at radius 3 is 1.17 bits per heavy atom. The first kappa shape index (κ1) is 75.1. The van der Waals surface area contributed by atoms with Crippen molar-refractivity contribution in [2.24, 2.45) is 11.5 Å². The first-order valence-corrected chi connectivity index (χ1v) is 32.2. The van der Waals surface area contributed by atoms with E-state index in [4.69, 9.17) is 45.0 Å². The van der Waals surface area contributed by atoms with E-state index >= 15 is 0 Å². The SMILES string of the molecule is CCOC(=O)Cc1ccccc1OCc1cc(-c2cccc(CN)c2)c2nccn2c1.CCOC(=O)Cc1ccccc1OCc1cc(-c2cccc(CNC(=O)OC(C)(C)C)c2)c2nccn2c1.NCc1cccc(-c2cc(COc3ccccc3CC(=O)O)cn3ccnc23)c1.[Na+].[OH-]. The van der Waals surface area contributed by atoms with Crippen molar-refractivity contribution < 1.29 is 87.7 Å². The molecule has 0 aliphatic rings. The number of imidazole rings is 3. The standard InChI is InChI=1S/C30H33N3O5.C25H25N3O3.C23H21N3O3.Na.H2O/c1-5-36-27(34)17-24-10-6-7-12-26(24)37-20-22-16-25(28-31-13-14-33(28)19-22)23-11-8-9-21(15-23)18-32-29(35)38-30(2,3)4;1-2-30-24(29)14-21-7-3-4-9-23(21)31-17-19-13-22(25-27-10-11-28(25)16-19)20-8-5-6-18(12-20)15-26;24-13-16-4-3-6-18(10-16)20-11-17(14-26-9-8-25-23(20)26)15-29-21-7-2-1-5-19(21)12-22(27)28;;/h6-16,19H,5,17-18,20H2,1-4H3,(H,32,35);3-13,16H,2,14-15,17,26H2,1H3;1-11,14H,12-13,15,24H2,(H,27,28);;1H2/q;;;+1;/p-1. The molecule has 0 fully saturated rings. The van der Waals surface area contributed by atoms with E-state index in [9.17, 15) is 19.2 Å². The zero-order chi connectivity index (χ0) is 69.0. The number of nitrogens with two attached hydrogens (primary N) is 2. The molecule has 0 atom stereocenters. The summed E-state index contributed by atoms with van der Waals surface area (Å²) in [6.07, 6.45) is 16.8. The number of nitrogens with zero attached hydrogens (tertiary/aromatic N) is 6. The Kier molecular flexibility index (Phi) is 27.2. The second-order valence-corrected chi connectivity index (χ2v) is 23.8. The number of carboxylic acids is 1. The number of aliphatic carboxylic acids is 1. The zero-order valence-electron chi connectivity index (χ0n) is 56.9. The summed E-state index contributed by atoms with van der Waals surface area (Å²) >= 11 is 0. The second-order valence-electron chi connectivity index (χ2n) is 23.8. The molecule has 7 N–H and O–H groups in total. The number of carbonyl (C=O) groups excluding carboxylic acids is 3. The Balaban J connectivity index is 0.000000191. The number of pyridine rings is 3. The molecule has 0 aliphatic carbocycles. The van der Waals surface area contributed by atoms with Gasteiger partial charge in [0.2, 0.25) is 0 Å². The van der Waals surface area contributed by atoms with E-state index in [-0.39, 0.29) is 66.2 Å². The molecule has 100 heavy (non-hydrogen) atoms. The minimum Gasteiger partial charge on any atom is -0.870 e. The van der Waals surface area contributed by atoms with E-state index in [1.165, 1.54) is 0 Å². The zero-order valence-corrected chi connectivity index (χ0v) is 58.9. The largest absolute Gasteiger partial charge is 1.00 e. The van der Waals surface area contributed by atoms with Crippen LogP contribution in [0.4, 0.5) is 4.79 Å². The predicted octanol–water partition coefficient (Wildman–Crippen LogP) is 10.3. The number of alkyl carbamates (subject to hydrolysis) is 1. The van der Waals surface area contributed by atoms with Crippen LogP contribution >= 0.6 is 0 Å². The van der Waals surface area contributed by atoms with E-state index < -0.39 is 17.7 Å². The number of hydrogen-bond donors (Lipinski definition) is 4. The summed E-state index contributed by atoms with van der Waals surface area (Å²) in [5, 5.41) is 11.9. The molecule has 6 aromatic carbocycles. The number of nitrogens with one attached hydrogen (secondary N) is 1. The van der Waals surface area contributed by atoms with Crippen LogP contribution in [0.3, 0.4) is 0 Å². The van der Waals surface area contributed by atoms with Crippen LogP contribution in [0.1, 0.15) is 84.7 Å². The minimum atomic E-state index is -0.886. The van der Waals surface area contributed by atoms with Crippen LogP contribution in [0.25, 0.3) is 50.3 Å². The number of hydrogen-bond acceptors (Lipinski definition) is 16. The number of para-hydroxylation sites is 3. The summed E-state index contributed by atoms with van der Waals surface area (Å²) < 4.78 is 39.6. The van der Waals surface area contributed by atoms with Crippen LogP contribution in [0.5, 0.6) is 17.2 Å². The van der Waals surface area contributed by atoms with E-state index in [1.54, 1.807) is 44.6 Å². The second kappa shape index (κ2) is 36.3. The fourth-order valence-electron chi connectivity index (χ4n) is 11.0. The molecule has 0 spiro atoms. The average molecular weight is 1360 g/mol. The molecule has 6 aromatic heterocycles. The van der Waals surface area contributed by atoms with Gasteiger partial charge in [-0.1, -0.05) is 109 Å². The maximum Gasteiger partial charge on any atom is 1.00 e. The number of rotatable bonds is 24. The molecule has 12 aromatic rings. The molecule has 0 saturated heterocycles. The predicted molar refractivity (Wildman–Crippen MR) is 377 cm³/mol. The van der Waals surface area contributed by atoms with Crippen LogP contribution in [0.2, 0.25) is 0 Å². The number of carboxylic acid groups (broad SMARTS) is 1. The molecule has 1 amide bonds. The van der Waals surface area contributed by atoms with Crippen molar-refractivity contribution in [3.8, 4) is 50.6 Å². The molecule has 0 unspecified atom stereocenters. The van der Waals surface area contributed by atoms with Crippen molar-refractivity contribution in [2.45, 2.75) is 98.9 Å². The van der Waals surface area contributed by atoms with E-state index in [0.717, 1.165) is 94.8 Å². The van der Waals surface area contributed by atoms with Gasteiger partial charge < -0.3 is 69.0 Å². The molecule has 21 nitrogen and oxygen atoms in total. The summed E-state index contributed by atoms with van der Waals surface area (Å²) in [7, 11) is 0. The van der Waals surface area contributed by atoms with Gasteiger partial charge in [0, 0.05) is 125 Å². The maximum absolute atomic E-state index is 12.1. The third kappa shape index (κ3) is 20.7. The molecular formula is C78H80N9NaO12. The number of benzene rings is 6. The van der Waals surface area contributed by atoms with Crippen LogP contribution in [-0.4, -0.2) is 81.6 Å². The average Bonchev–Trinajstić information content (AvgIpc) is 1.54. The first-order chi connectivity index (χ1) is 47.5. The molecule has 0 aliphatic heterocycles. The Morgan fingerprint density at radius 2 is 0.820 bits per heavy atom. The van der Waals surface area contributed by atoms with Crippen LogP contribution < -0.4 is 60.6 Å². The number of fused-ring (bicyclic) bond motifs is 3. The van der Waals surface area contributed by atoms with Gasteiger partial charge in [-0.2, -0.15) is 0 Å². The van der Waals surface area contributed by atoms with Gasteiger partial charge >= 0.3 is 53.6 Å². The van der Waals surface area contributed by atoms with Gasteiger partial charge in [-0.3, -0.25) is 14.4 Å². The molecule has 0 bridgehead atoms. The quantitative estimate of drug-likeness (QED) is 0.0248. The van der Waals surface area contributed by atoms with E-state index in [0.29, 0.717) is 75.5 Å². The topological polar surface area (TPSA) is 290 Å². The van der Waals surface area contributed by atoms with Crippen LogP contribution in [0, 0.1) is 0 Å². The Labute approximate surface area is 602 Å². The molecule has 0 radical (unpaired) electrons. The Hall–Kier alpha value is -10.7. The van der Waals surface area contributed by atoms with E-state index in [1.807, 2.05) is 186 Å². The normalized spacial score (nSPS) is 10.8. The first-order valence-electron chi connectivity index (χ1n) is 32.2. The van der Waals surface area contributed by atoms with Crippen molar-refractivity contribution >= 4 is 40.9 Å². The molecule has 22 heteroatoms. The number of ether oxygens (including phenoxy) is 6. The summed E-state index contributed by atoms with van der Waals surface area (Å²) in [6.45, 7) is 12.1. The van der Waals surface area contributed by atoms with Gasteiger partial charge in [0.05, 0.1) is 32.5 Å². The molecule has 6 heterocycles. The Morgan fingerprint density at radius 1 is 0.470 bits per heavy atom. The molecule has 0 saturated carbocycles. The van der Waals surface area contributed by atoms with Crippen molar-refractivity contribution in [3.63, 3.8) is 0 Å². The van der Waals surface area contributed by atoms with Crippen molar-refractivity contribution in [1.29, 1.82) is 0 Å². The number of amides is 1. The molecule has 12 rings (SSSR count). The number of carbonyl (C=O) groups is 4. The number of esters is 2. The fourth-order valence-corrected chi connectivity index (χ4v) is 11.0. The van der Waals surface area contributed by atoms with Crippen LogP contribution in [0.15, 0.2) is 220 Å². The van der Waals surface area contributed by atoms with Gasteiger partial charge in [0.1, 0.15) is 59.6 Å². The number of aromatic nitrogens is 6. The van der Waals surface area contributed by atoms with Gasteiger partial charge in [0.15, 0.2) is 0 Å². The van der Waals surface area contributed by atoms with Gasteiger partial charge in [-0.25, -0.2) is 19.7 Å². The summed E-state index contributed by atoms with van der Waals surface area (Å²) in [6, 6.07) is 52.6. The molecule has 510 valence electrons. The summed E-state index contributed by atoms with van der Waals surface area (Å²) in [5.41, 5.74) is 27.8. The summed E-state index contributed by atoms with van der Waals surface area (Å²) in [4.78, 5) is 60.6. The third-order valence-electron chi connectivity index (χ3n) is 15.4. The van der Waals surface area contributed by atoms with Crippen LogP contribution in [-0.2, 0) is 87.3 Å². The van der Waals surface area contributed by atoms with Gasteiger partial charge in [0.25, 0.3) is 0 Å². The van der Waals surface area contributed by atoms with Gasteiger partial charge in [-0.15, -0.1) is 0 Å². The maximum atomic E-state index is 12.1. The Bertz CT molecular complexity index is 4730. The fraction of sp³-hybridized carbons (Fsp3) is 0.218. The van der Waals surface area contributed by atoms with Crippen molar-refractivity contribution in [3.05, 3.63) is 270 Å². The van der Waals surface area contributed by atoms with E-state index in [2.05, 4.69) is 56.7 Å². The van der Waals surface area contributed by atoms with Gasteiger partial charge in [-0.05, 0) is 123 Å². The molecular weight excluding hydrogens is 1280 g/mol. The van der Waals surface area contributed by atoms with Crippen molar-refractivity contribution in [1.82, 2.24) is 33.5 Å². The third-order valence-corrected chi connectivity index (χ3v) is 15.4.